The number of hydrogen-bond donors (Lipinski definition) is 3. The molecule has 0 amide bonds. The summed E-state index contributed by atoms with van der Waals surface area (Å²) in [4.78, 5) is 12.5. The molecule has 16 heavy (non-hydrogen) atoms. The number of anilines is 2. The molecule has 0 aliphatic rings. The first-order chi connectivity index (χ1) is 7.70. The van der Waals surface area contributed by atoms with Crippen LogP contribution in [-0.4, -0.2) is 27.5 Å². The fourth-order valence-electron chi connectivity index (χ4n) is 1.38. The zero-order valence-electron chi connectivity index (χ0n) is 9.01. The summed E-state index contributed by atoms with van der Waals surface area (Å²) in [6, 6.07) is 3.77. The summed E-state index contributed by atoms with van der Waals surface area (Å²) in [5, 5.41) is 3.16. The van der Waals surface area contributed by atoms with Gasteiger partial charge in [-0.2, -0.15) is 4.98 Å². The molecule has 0 saturated carbocycles. The van der Waals surface area contributed by atoms with E-state index in [1.807, 2.05) is 19.1 Å². The second-order valence-corrected chi connectivity index (χ2v) is 3.58. The van der Waals surface area contributed by atoms with E-state index >= 15 is 0 Å². The van der Waals surface area contributed by atoms with Gasteiger partial charge in [-0.05, 0) is 19.1 Å². The van der Waals surface area contributed by atoms with E-state index in [2.05, 4.69) is 20.3 Å². The van der Waals surface area contributed by atoms with Gasteiger partial charge in [0.05, 0.1) is 5.52 Å². The van der Waals surface area contributed by atoms with E-state index in [1.165, 1.54) is 0 Å². The molecule has 0 aromatic carbocycles. The molecule has 0 bridgehead atoms. The van der Waals surface area contributed by atoms with E-state index in [-0.39, 0.29) is 12.0 Å². The summed E-state index contributed by atoms with van der Waals surface area (Å²) in [6.07, 6.45) is 1.69. The maximum absolute atomic E-state index is 5.62. The first-order valence-electron chi connectivity index (χ1n) is 5.05. The van der Waals surface area contributed by atoms with Crippen LogP contribution in [0, 0.1) is 0 Å². The lowest BCUT2D eigenvalue weighted by atomic mass is 10.3. The van der Waals surface area contributed by atoms with Crippen molar-refractivity contribution in [2.24, 2.45) is 5.73 Å². The van der Waals surface area contributed by atoms with E-state index in [0.29, 0.717) is 17.9 Å². The van der Waals surface area contributed by atoms with Crippen molar-refractivity contribution in [2.45, 2.75) is 13.0 Å². The SMILES string of the molecule is CC(CN)Nc1nc(N)nc2cccnc12. The molecule has 1 atom stereocenters. The Hall–Kier alpha value is -1.95. The Labute approximate surface area is 93.1 Å². The number of nitrogen functional groups attached to an aromatic ring is 1. The molecule has 0 spiro atoms. The van der Waals surface area contributed by atoms with Gasteiger partial charge in [0.2, 0.25) is 5.95 Å². The number of aromatic nitrogens is 3. The normalized spacial score (nSPS) is 12.6. The predicted octanol–water partition coefficient (Wildman–Crippen LogP) is 0.366. The lowest BCUT2D eigenvalue weighted by Crippen LogP contribution is -2.26. The van der Waals surface area contributed by atoms with Crippen LogP contribution in [0.25, 0.3) is 11.0 Å². The molecule has 2 rings (SSSR count). The number of nitrogens with two attached hydrogens (primary N) is 2. The van der Waals surface area contributed by atoms with Crippen molar-refractivity contribution < 1.29 is 0 Å². The maximum Gasteiger partial charge on any atom is 0.222 e. The molecule has 0 fully saturated rings. The molecule has 2 heterocycles. The van der Waals surface area contributed by atoms with Gasteiger partial charge in [0.25, 0.3) is 0 Å². The third-order valence-corrected chi connectivity index (χ3v) is 2.21. The molecule has 0 radical (unpaired) electrons. The van der Waals surface area contributed by atoms with Crippen molar-refractivity contribution in [2.75, 3.05) is 17.6 Å². The van der Waals surface area contributed by atoms with Crippen molar-refractivity contribution in [3.05, 3.63) is 18.3 Å². The second kappa shape index (κ2) is 4.28. The van der Waals surface area contributed by atoms with E-state index in [0.717, 1.165) is 5.52 Å². The predicted molar refractivity (Wildman–Crippen MR) is 63.9 cm³/mol. The van der Waals surface area contributed by atoms with Crippen molar-refractivity contribution in [1.29, 1.82) is 0 Å². The van der Waals surface area contributed by atoms with E-state index < -0.39 is 0 Å². The van der Waals surface area contributed by atoms with Crippen molar-refractivity contribution in [1.82, 2.24) is 15.0 Å². The molecular weight excluding hydrogens is 204 g/mol. The van der Waals surface area contributed by atoms with Gasteiger partial charge in [-0.15, -0.1) is 0 Å². The van der Waals surface area contributed by atoms with Gasteiger partial charge >= 0.3 is 0 Å². The number of rotatable bonds is 3. The highest BCUT2D eigenvalue weighted by Crippen LogP contribution is 2.18. The van der Waals surface area contributed by atoms with Crippen LogP contribution in [0.15, 0.2) is 18.3 Å². The summed E-state index contributed by atoms with van der Waals surface area (Å²) in [5.41, 5.74) is 12.6. The molecule has 0 aliphatic carbocycles. The van der Waals surface area contributed by atoms with Crippen LogP contribution in [-0.2, 0) is 0 Å². The third kappa shape index (κ3) is 2.01. The van der Waals surface area contributed by atoms with E-state index in [9.17, 15) is 0 Å². The average molecular weight is 218 g/mol. The van der Waals surface area contributed by atoms with E-state index in [1.54, 1.807) is 6.20 Å². The van der Waals surface area contributed by atoms with Gasteiger partial charge in [0.1, 0.15) is 5.52 Å². The molecule has 6 nitrogen and oxygen atoms in total. The summed E-state index contributed by atoms with van der Waals surface area (Å²) in [7, 11) is 0. The zero-order valence-corrected chi connectivity index (χ0v) is 9.01. The Morgan fingerprint density at radius 2 is 2.25 bits per heavy atom. The van der Waals surface area contributed by atoms with Crippen LogP contribution in [0.2, 0.25) is 0 Å². The number of hydrogen-bond acceptors (Lipinski definition) is 6. The van der Waals surface area contributed by atoms with Crippen LogP contribution in [0.4, 0.5) is 11.8 Å². The van der Waals surface area contributed by atoms with Crippen LogP contribution < -0.4 is 16.8 Å². The van der Waals surface area contributed by atoms with Gasteiger partial charge < -0.3 is 16.8 Å². The highest BCUT2D eigenvalue weighted by molar-refractivity contribution is 5.85. The zero-order chi connectivity index (χ0) is 11.5. The van der Waals surface area contributed by atoms with Crippen molar-refractivity contribution >= 4 is 22.8 Å². The molecule has 0 saturated heterocycles. The van der Waals surface area contributed by atoms with Crippen LogP contribution in [0.1, 0.15) is 6.92 Å². The Bertz CT molecular complexity index is 498. The minimum Gasteiger partial charge on any atom is -0.368 e. The fraction of sp³-hybridized carbons (Fsp3) is 0.300. The van der Waals surface area contributed by atoms with Crippen LogP contribution in [0.3, 0.4) is 0 Å². The minimum absolute atomic E-state index is 0.111. The van der Waals surface area contributed by atoms with Crippen molar-refractivity contribution in [3.8, 4) is 0 Å². The largest absolute Gasteiger partial charge is 0.368 e. The third-order valence-electron chi connectivity index (χ3n) is 2.21. The molecule has 6 heteroatoms. The van der Waals surface area contributed by atoms with E-state index in [4.69, 9.17) is 11.5 Å². The summed E-state index contributed by atoms with van der Waals surface area (Å²) in [6.45, 7) is 2.48. The molecule has 0 aliphatic heterocycles. The Balaban J connectivity index is 2.50. The fourth-order valence-corrected chi connectivity index (χ4v) is 1.38. The Morgan fingerprint density at radius 1 is 1.44 bits per heavy atom. The quantitative estimate of drug-likeness (QED) is 0.687. The van der Waals surface area contributed by atoms with Gasteiger partial charge in [0.15, 0.2) is 5.82 Å². The number of fused-ring (bicyclic) bond motifs is 1. The van der Waals surface area contributed by atoms with Crippen LogP contribution >= 0.6 is 0 Å². The number of pyridine rings is 1. The highest BCUT2D eigenvalue weighted by Gasteiger charge is 2.08. The standard InChI is InChI=1S/C10H14N6/c1-6(5-11)14-9-8-7(3-2-4-13-8)15-10(12)16-9/h2-4,6H,5,11H2,1H3,(H3,12,14,15,16). The lowest BCUT2D eigenvalue weighted by molar-refractivity contribution is 0.799. The second-order valence-electron chi connectivity index (χ2n) is 3.58. The molecule has 5 N–H and O–H groups in total. The molecule has 84 valence electrons. The molecular formula is C10H14N6. The molecule has 2 aromatic heterocycles. The Kier molecular flexibility index (Phi) is 2.82. The summed E-state index contributed by atoms with van der Waals surface area (Å²) < 4.78 is 0. The highest BCUT2D eigenvalue weighted by atomic mass is 15.1. The van der Waals surface area contributed by atoms with Gasteiger partial charge in [0, 0.05) is 18.8 Å². The number of nitrogens with zero attached hydrogens (tertiary/aromatic N) is 3. The Morgan fingerprint density at radius 3 is 3.00 bits per heavy atom. The first-order valence-corrected chi connectivity index (χ1v) is 5.05. The average Bonchev–Trinajstić information content (AvgIpc) is 2.28. The van der Waals surface area contributed by atoms with Crippen molar-refractivity contribution in [3.63, 3.8) is 0 Å². The lowest BCUT2D eigenvalue weighted by Gasteiger charge is -2.13. The summed E-state index contributed by atoms with van der Waals surface area (Å²) in [5.74, 6) is 0.855. The topological polar surface area (TPSA) is 103 Å². The number of nitrogens with one attached hydrogen (secondary N) is 1. The summed E-state index contributed by atoms with van der Waals surface area (Å²) >= 11 is 0. The van der Waals surface area contributed by atoms with Gasteiger partial charge in [-0.1, -0.05) is 0 Å². The molecule has 1 unspecified atom stereocenters. The first kappa shape index (κ1) is 10.6. The monoisotopic (exact) mass is 218 g/mol. The smallest absolute Gasteiger partial charge is 0.222 e. The maximum atomic E-state index is 5.62. The molecule has 2 aromatic rings. The van der Waals surface area contributed by atoms with Crippen LogP contribution in [0.5, 0.6) is 0 Å². The van der Waals surface area contributed by atoms with Gasteiger partial charge in [-0.25, -0.2) is 4.98 Å². The van der Waals surface area contributed by atoms with Gasteiger partial charge in [-0.3, -0.25) is 4.98 Å². The minimum atomic E-state index is 0.111.